The fraction of sp³-hybridized carbons (Fsp3) is 0.333. The molecule has 0 amide bonds. The molecule has 0 spiro atoms. The third-order valence-electron chi connectivity index (χ3n) is 1.47. The van der Waals surface area contributed by atoms with Crippen molar-refractivity contribution in [3.8, 4) is 5.75 Å². The lowest BCUT2D eigenvalue weighted by molar-refractivity contribution is 0.413. The highest BCUT2D eigenvalue weighted by molar-refractivity contribution is 5.26. The third kappa shape index (κ3) is 1.50. The number of methoxy groups -OCH3 is 1. The van der Waals surface area contributed by atoms with Crippen LogP contribution in [0.15, 0.2) is 18.2 Å². The molecule has 1 aromatic carbocycles. The first-order valence-electron chi connectivity index (χ1n) is 3.41. The minimum atomic E-state index is 0.819. The van der Waals surface area contributed by atoms with Gasteiger partial charge >= 0.3 is 0 Å². The predicted molar refractivity (Wildman–Crippen MR) is 41.2 cm³/mol. The highest BCUT2D eigenvalue weighted by atomic mass is 16.5. The van der Waals surface area contributed by atoms with E-state index in [0.29, 0.717) is 0 Å². The number of benzene rings is 1. The van der Waals surface area contributed by atoms with Crippen LogP contribution < -0.4 is 4.74 Å². The van der Waals surface area contributed by atoms with E-state index < -0.39 is 0 Å². The molecule has 1 aromatic rings. The van der Waals surface area contributed by atoms with Crippen LogP contribution in [0.1, 0.15) is 12.5 Å². The molecule has 10 heavy (non-hydrogen) atoms. The van der Waals surface area contributed by atoms with Crippen molar-refractivity contribution in [2.24, 2.45) is 0 Å². The van der Waals surface area contributed by atoms with E-state index in [1.54, 1.807) is 7.11 Å². The second-order valence-corrected chi connectivity index (χ2v) is 2.12. The van der Waals surface area contributed by atoms with Gasteiger partial charge in [-0.15, -0.1) is 0 Å². The summed E-state index contributed by atoms with van der Waals surface area (Å²) in [7, 11) is 1.66. The smallest absolute Gasteiger partial charge is 0.127 e. The van der Waals surface area contributed by atoms with Gasteiger partial charge < -0.3 is 4.74 Å². The van der Waals surface area contributed by atoms with Crippen LogP contribution in [0.2, 0.25) is 0 Å². The number of hydrogen-bond acceptors (Lipinski definition) is 1. The molecule has 1 radical (unpaired) electrons. The lowest BCUT2D eigenvalue weighted by Crippen LogP contribution is -1.84. The van der Waals surface area contributed by atoms with Crippen LogP contribution in [0.25, 0.3) is 0 Å². The predicted octanol–water partition coefficient (Wildman–Crippen LogP) is 2.06. The molecular formula is C9H11O. The molecule has 0 fully saturated rings. The lowest BCUT2D eigenvalue weighted by atomic mass is 10.2. The van der Waals surface area contributed by atoms with Crippen molar-refractivity contribution >= 4 is 0 Å². The van der Waals surface area contributed by atoms with Gasteiger partial charge in [-0.25, -0.2) is 0 Å². The largest absolute Gasteiger partial charge is 0.496 e. The van der Waals surface area contributed by atoms with Crippen LogP contribution in [0.3, 0.4) is 0 Å². The minimum Gasteiger partial charge on any atom is -0.496 e. The Labute approximate surface area is 61.6 Å². The second kappa shape index (κ2) is 3.25. The SMILES string of the molecule is CCc1cc[c]c(OC)c1. The van der Waals surface area contributed by atoms with Gasteiger partial charge in [0, 0.05) is 6.07 Å². The van der Waals surface area contributed by atoms with Gasteiger partial charge in [0.25, 0.3) is 0 Å². The Morgan fingerprint density at radius 2 is 2.40 bits per heavy atom. The number of rotatable bonds is 2. The Morgan fingerprint density at radius 1 is 1.60 bits per heavy atom. The van der Waals surface area contributed by atoms with Crippen molar-refractivity contribution in [2.45, 2.75) is 13.3 Å². The molecule has 53 valence electrons. The minimum absolute atomic E-state index is 0.819. The van der Waals surface area contributed by atoms with Crippen LogP contribution in [-0.2, 0) is 6.42 Å². The van der Waals surface area contributed by atoms with E-state index in [9.17, 15) is 0 Å². The summed E-state index contributed by atoms with van der Waals surface area (Å²) in [6.45, 7) is 2.12. The number of hydrogen-bond donors (Lipinski definition) is 0. The lowest BCUT2D eigenvalue weighted by Gasteiger charge is -1.99. The molecule has 0 bridgehead atoms. The molecule has 0 aliphatic carbocycles. The van der Waals surface area contributed by atoms with Gasteiger partial charge in [-0.2, -0.15) is 0 Å². The summed E-state index contributed by atoms with van der Waals surface area (Å²) in [5.41, 5.74) is 1.29. The average Bonchev–Trinajstić information content (AvgIpc) is 2.05. The van der Waals surface area contributed by atoms with Gasteiger partial charge in [-0.05, 0) is 18.1 Å². The molecule has 0 saturated heterocycles. The molecule has 1 rings (SSSR count). The normalized spacial score (nSPS) is 9.40. The van der Waals surface area contributed by atoms with Gasteiger partial charge in [-0.1, -0.05) is 19.1 Å². The molecule has 0 aliphatic heterocycles. The van der Waals surface area contributed by atoms with Crippen molar-refractivity contribution in [1.82, 2.24) is 0 Å². The highest BCUT2D eigenvalue weighted by Crippen LogP contribution is 2.11. The molecule has 0 unspecified atom stereocenters. The Balaban J connectivity index is 2.87. The van der Waals surface area contributed by atoms with Gasteiger partial charge in [-0.3, -0.25) is 0 Å². The summed E-state index contributed by atoms with van der Waals surface area (Å²) >= 11 is 0. The first-order chi connectivity index (χ1) is 4.86. The Hall–Kier alpha value is -0.980. The van der Waals surface area contributed by atoms with Crippen LogP contribution in [0.5, 0.6) is 5.75 Å². The van der Waals surface area contributed by atoms with E-state index >= 15 is 0 Å². The maximum Gasteiger partial charge on any atom is 0.127 e. The first-order valence-corrected chi connectivity index (χ1v) is 3.41. The van der Waals surface area contributed by atoms with Crippen LogP contribution >= 0.6 is 0 Å². The van der Waals surface area contributed by atoms with E-state index in [2.05, 4.69) is 13.0 Å². The fourth-order valence-corrected chi connectivity index (χ4v) is 0.827. The van der Waals surface area contributed by atoms with Gasteiger partial charge in [0.2, 0.25) is 0 Å². The summed E-state index contributed by atoms with van der Waals surface area (Å²) < 4.78 is 5.00. The van der Waals surface area contributed by atoms with Gasteiger partial charge in [0.15, 0.2) is 0 Å². The monoisotopic (exact) mass is 135 g/mol. The molecule has 0 heterocycles. The zero-order valence-electron chi connectivity index (χ0n) is 6.35. The summed E-state index contributed by atoms with van der Waals surface area (Å²) in [4.78, 5) is 0. The first kappa shape index (κ1) is 7.13. The molecule has 0 saturated carbocycles. The second-order valence-electron chi connectivity index (χ2n) is 2.12. The topological polar surface area (TPSA) is 9.23 Å². The number of ether oxygens (including phenoxy) is 1. The van der Waals surface area contributed by atoms with Crippen molar-refractivity contribution in [1.29, 1.82) is 0 Å². The van der Waals surface area contributed by atoms with E-state index in [-0.39, 0.29) is 0 Å². The van der Waals surface area contributed by atoms with E-state index in [1.807, 2.05) is 18.2 Å². The van der Waals surface area contributed by atoms with Crippen molar-refractivity contribution in [3.05, 3.63) is 29.8 Å². The Kier molecular flexibility index (Phi) is 2.32. The summed E-state index contributed by atoms with van der Waals surface area (Å²) in [5, 5.41) is 0. The zero-order chi connectivity index (χ0) is 7.40. The molecule has 0 aliphatic rings. The van der Waals surface area contributed by atoms with Gasteiger partial charge in [0.05, 0.1) is 7.11 Å². The molecule has 1 nitrogen and oxygen atoms in total. The molecule has 1 heteroatoms. The average molecular weight is 135 g/mol. The molecular weight excluding hydrogens is 124 g/mol. The van der Waals surface area contributed by atoms with Crippen LogP contribution in [0, 0.1) is 6.07 Å². The summed E-state index contributed by atoms with van der Waals surface area (Å²) in [6, 6.07) is 8.90. The van der Waals surface area contributed by atoms with Crippen molar-refractivity contribution in [2.75, 3.05) is 7.11 Å². The maximum atomic E-state index is 5.00. The zero-order valence-corrected chi connectivity index (χ0v) is 6.35. The van der Waals surface area contributed by atoms with Crippen molar-refractivity contribution < 1.29 is 4.74 Å². The molecule has 0 N–H and O–H groups in total. The van der Waals surface area contributed by atoms with Crippen LogP contribution in [-0.4, -0.2) is 7.11 Å². The molecule has 0 aromatic heterocycles. The summed E-state index contributed by atoms with van der Waals surface area (Å²) in [5.74, 6) is 0.819. The standard InChI is InChI=1S/C9H11O/c1-3-8-5-4-6-9(7-8)10-2/h4-5,7H,3H2,1-2H3. The van der Waals surface area contributed by atoms with Gasteiger partial charge in [0.1, 0.15) is 5.75 Å². The van der Waals surface area contributed by atoms with Crippen LogP contribution in [0.4, 0.5) is 0 Å². The number of aryl methyl sites for hydroxylation is 1. The van der Waals surface area contributed by atoms with E-state index in [0.717, 1.165) is 12.2 Å². The fourth-order valence-electron chi connectivity index (χ4n) is 0.827. The van der Waals surface area contributed by atoms with E-state index in [1.165, 1.54) is 5.56 Å². The third-order valence-corrected chi connectivity index (χ3v) is 1.47. The Morgan fingerprint density at radius 3 is 3.00 bits per heavy atom. The quantitative estimate of drug-likeness (QED) is 0.603. The maximum absolute atomic E-state index is 5.00. The summed E-state index contributed by atoms with van der Waals surface area (Å²) in [6.07, 6.45) is 1.05. The van der Waals surface area contributed by atoms with E-state index in [4.69, 9.17) is 4.74 Å². The Bertz CT molecular complexity index is 186. The highest BCUT2D eigenvalue weighted by Gasteiger charge is 1.91. The van der Waals surface area contributed by atoms with Crippen molar-refractivity contribution in [3.63, 3.8) is 0 Å². The molecule has 0 atom stereocenters.